The van der Waals surface area contributed by atoms with Gasteiger partial charge in [0.2, 0.25) is 0 Å². The molecule has 7 nitrogen and oxygen atoms in total. The highest BCUT2D eigenvalue weighted by molar-refractivity contribution is 7.85. The normalized spacial score (nSPS) is 10.2. The average molecular weight is 262 g/mol. The number of amides is 1. The maximum Gasteiger partial charge on any atom is 0.402 e. The molecule has 0 saturated carbocycles. The van der Waals surface area contributed by atoms with Crippen molar-refractivity contribution in [2.24, 2.45) is 5.73 Å². The fraction of sp³-hybridized carbons (Fsp3) is 0.333. The van der Waals surface area contributed by atoms with Gasteiger partial charge in [-0.15, -0.1) is 0 Å². The molecule has 1 aromatic heterocycles. The number of pyridine rings is 1. The van der Waals surface area contributed by atoms with Gasteiger partial charge in [0.05, 0.1) is 12.9 Å². The molecule has 3 N–H and O–H groups in total. The molecule has 0 aliphatic rings. The third-order valence-corrected chi connectivity index (χ3v) is 1.98. The van der Waals surface area contributed by atoms with Crippen molar-refractivity contribution in [1.82, 2.24) is 4.98 Å². The monoisotopic (exact) mass is 262 g/mol. The molecule has 0 unspecified atom stereocenters. The average Bonchev–Trinajstić information content (AvgIpc) is 2.16. The lowest BCUT2D eigenvalue weighted by molar-refractivity contribution is 0.205. The Hall–Kier alpha value is -1.67. The van der Waals surface area contributed by atoms with E-state index in [0.717, 1.165) is 11.9 Å². The van der Waals surface area contributed by atoms with Crippen molar-refractivity contribution >= 4 is 16.2 Å². The van der Waals surface area contributed by atoms with E-state index in [0.29, 0.717) is 6.42 Å². The van der Waals surface area contributed by atoms with Gasteiger partial charge in [0.1, 0.15) is 0 Å². The summed E-state index contributed by atoms with van der Waals surface area (Å²) >= 11 is 0. The van der Waals surface area contributed by atoms with Gasteiger partial charge < -0.3 is 10.8 Å². The fourth-order valence-corrected chi connectivity index (χ4v) is 1.23. The van der Waals surface area contributed by atoms with Crippen molar-refractivity contribution in [3.8, 4) is 0 Å². The zero-order valence-electron chi connectivity index (χ0n) is 9.24. The third-order valence-electron chi connectivity index (χ3n) is 1.38. The standard InChI is InChI=1S/C8H11NO3S.CH3NO2/c1-13(10,11)12-7-5-8-4-2-3-6-9-8;2-1(3)4/h2-4,6H,5,7H2,1H3;2H2,(H,3,4). The number of primary amides is 1. The van der Waals surface area contributed by atoms with E-state index in [1.807, 2.05) is 12.1 Å². The molecule has 0 aliphatic heterocycles. The molecule has 0 atom stereocenters. The SMILES string of the molecule is CS(=O)(=O)OCCc1ccccn1.NC(=O)O. The Morgan fingerprint density at radius 3 is 2.53 bits per heavy atom. The number of carbonyl (C=O) groups is 1. The van der Waals surface area contributed by atoms with Gasteiger partial charge in [0.15, 0.2) is 0 Å². The first kappa shape index (κ1) is 15.3. The van der Waals surface area contributed by atoms with Gasteiger partial charge in [-0.3, -0.25) is 9.17 Å². The molecule has 0 aliphatic carbocycles. The largest absolute Gasteiger partial charge is 0.465 e. The zero-order valence-corrected chi connectivity index (χ0v) is 10.1. The number of hydrogen-bond acceptors (Lipinski definition) is 5. The minimum absolute atomic E-state index is 0.149. The van der Waals surface area contributed by atoms with Crippen molar-refractivity contribution < 1.29 is 22.5 Å². The highest BCUT2D eigenvalue weighted by atomic mass is 32.2. The molecule has 0 saturated heterocycles. The van der Waals surface area contributed by atoms with Gasteiger partial charge in [-0.2, -0.15) is 8.42 Å². The summed E-state index contributed by atoms with van der Waals surface area (Å²) in [5.74, 6) is 0. The molecule has 0 bridgehead atoms. The molecule has 1 aromatic rings. The molecular weight excluding hydrogens is 248 g/mol. The number of rotatable bonds is 4. The summed E-state index contributed by atoms with van der Waals surface area (Å²) in [5.41, 5.74) is 4.85. The van der Waals surface area contributed by atoms with E-state index in [4.69, 9.17) is 9.90 Å². The number of aromatic nitrogens is 1. The van der Waals surface area contributed by atoms with Crippen LogP contribution in [0.5, 0.6) is 0 Å². The second-order valence-corrected chi connectivity index (χ2v) is 4.58. The summed E-state index contributed by atoms with van der Waals surface area (Å²) in [6, 6.07) is 5.48. The lowest BCUT2D eigenvalue weighted by atomic mass is 10.3. The molecule has 1 heterocycles. The van der Waals surface area contributed by atoms with E-state index in [1.54, 1.807) is 12.3 Å². The molecule has 1 amide bonds. The van der Waals surface area contributed by atoms with Crippen molar-refractivity contribution in [2.45, 2.75) is 6.42 Å². The van der Waals surface area contributed by atoms with E-state index in [1.165, 1.54) is 0 Å². The van der Waals surface area contributed by atoms with Crippen LogP contribution >= 0.6 is 0 Å². The van der Waals surface area contributed by atoms with Crippen LogP contribution in [0.1, 0.15) is 5.69 Å². The molecule has 0 radical (unpaired) electrons. The predicted molar refractivity (Wildman–Crippen MR) is 60.9 cm³/mol. The number of nitrogens with two attached hydrogens (primary N) is 1. The van der Waals surface area contributed by atoms with Crippen LogP contribution in [0.15, 0.2) is 24.4 Å². The Morgan fingerprint density at radius 1 is 1.53 bits per heavy atom. The van der Waals surface area contributed by atoms with Gasteiger partial charge >= 0.3 is 6.09 Å². The lowest BCUT2D eigenvalue weighted by Gasteiger charge is -1.99. The highest BCUT2D eigenvalue weighted by Crippen LogP contribution is 1.96. The van der Waals surface area contributed by atoms with E-state index in [2.05, 4.69) is 14.9 Å². The van der Waals surface area contributed by atoms with Gasteiger partial charge in [0.25, 0.3) is 10.1 Å². The number of hydrogen-bond donors (Lipinski definition) is 2. The summed E-state index contributed by atoms with van der Waals surface area (Å²) in [4.78, 5) is 12.8. The molecule has 0 fully saturated rings. The van der Waals surface area contributed by atoms with Crippen molar-refractivity contribution in [3.05, 3.63) is 30.1 Å². The van der Waals surface area contributed by atoms with Crippen LogP contribution < -0.4 is 5.73 Å². The molecule has 1 rings (SSSR count). The van der Waals surface area contributed by atoms with E-state index in [9.17, 15) is 8.42 Å². The molecule has 0 aromatic carbocycles. The Labute approximate surface area is 99.4 Å². The van der Waals surface area contributed by atoms with E-state index in [-0.39, 0.29) is 6.61 Å². The first-order valence-corrected chi connectivity index (χ1v) is 6.35. The second-order valence-electron chi connectivity index (χ2n) is 2.94. The fourth-order valence-electron chi connectivity index (χ4n) is 0.844. The van der Waals surface area contributed by atoms with Gasteiger partial charge in [-0.05, 0) is 12.1 Å². The Bertz CT molecular complexity index is 428. The zero-order chi connectivity index (χ0) is 13.3. The summed E-state index contributed by atoms with van der Waals surface area (Å²) in [6.07, 6.45) is 1.87. The van der Waals surface area contributed by atoms with Crippen LogP contribution in [0.2, 0.25) is 0 Å². The van der Waals surface area contributed by atoms with Gasteiger partial charge in [-0.1, -0.05) is 6.07 Å². The van der Waals surface area contributed by atoms with E-state index < -0.39 is 16.2 Å². The molecular formula is C9H14N2O5S. The first-order valence-electron chi connectivity index (χ1n) is 4.54. The molecule has 96 valence electrons. The Balaban J connectivity index is 0.000000557. The quantitative estimate of drug-likeness (QED) is 0.749. The maximum absolute atomic E-state index is 10.6. The summed E-state index contributed by atoms with van der Waals surface area (Å²) in [7, 11) is -3.32. The minimum Gasteiger partial charge on any atom is -0.465 e. The molecule has 0 spiro atoms. The van der Waals surface area contributed by atoms with Crippen LogP contribution in [0, 0.1) is 0 Å². The lowest BCUT2D eigenvalue weighted by Crippen LogP contribution is -2.06. The van der Waals surface area contributed by atoms with Crippen LogP contribution in [0.3, 0.4) is 0 Å². The first-order chi connectivity index (χ1) is 7.81. The number of nitrogens with zero attached hydrogens (tertiary/aromatic N) is 1. The smallest absolute Gasteiger partial charge is 0.402 e. The van der Waals surface area contributed by atoms with Gasteiger partial charge in [0, 0.05) is 18.3 Å². The Kier molecular flexibility index (Phi) is 6.83. The van der Waals surface area contributed by atoms with Crippen LogP contribution in [-0.2, 0) is 20.7 Å². The number of carboxylic acid groups (broad SMARTS) is 1. The van der Waals surface area contributed by atoms with Crippen LogP contribution in [0.25, 0.3) is 0 Å². The maximum atomic E-state index is 10.6. The third kappa shape index (κ3) is 12.3. The van der Waals surface area contributed by atoms with Crippen LogP contribution in [0.4, 0.5) is 4.79 Å². The summed E-state index contributed by atoms with van der Waals surface area (Å²) in [6.45, 7) is 0.149. The Morgan fingerprint density at radius 2 is 2.12 bits per heavy atom. The second kappa shape index (κ2) is 7.58. The van der Waals surface area contributed by atoms with E-state index >= 15 is 0 Å². The summed E-state index contributed by atoms with van der Waals surface area (Å²) in [5, 5.41) is 7.19. The predicted octanol–water partition coefficient (Wildman–Crippen LogP) is 0.223. The molecule has 8 heteroatoms. The summed E-state index contributed by atoms with van der Waals surface area (Å²) < 4.78 is 25.7. The van der Waals surface area contributed by atoms with Crippen molar-refractivity contribution in [2.75, 3.05) is 12.9 Å². The minimum atomic E-state index is -3.32. The van der Waals surface area contributed by atoms with Crippen molar-refractivity contribution in [3.63, 3.8) is 0 Å². The topological polar surface area (TPSA) is 120 Å². The van der Waals surface area contributed by atoms with Gasteiger partial charge in [-0.25, -0.2) is 4.79 Å². The van der Waals surface area contributed by atoms with Crippen LogP contribution in [-0.4, -0.2) is 37.5 Å². The van der Waals surface area contributed by atoms with Crippen molar-refractivity contribution in [1.29, 1.82) is 0 Å². The highest BCUT2D eigenvalue weighted by Gasteiger charge is 2.01. The molecule has 17 heavy (non-hydrogen) atoms.